The standard InChI is InChI=1S/C20H19FN2O/c1-24-17-7-3-6-16(13-17)15-5-2-4-14(12-15)8-10-19-18(21)9-11-20(22)23-19/h2-7,9,11-13H,8,10H2,1H3,(H2,22,23). The Hall–Kier alpha value is -2.88. The Morgan fingerprint density at radius 2 is 1.71 bits per heavy atom. The number of pyridine rings is 1. The fourth-order valence-electron chi connectivity index (χ4n) is 2.65. The first kappa shape index (κ1) is 16.0. The second-order valence-corrected chi connectivity index (χ2v) is 5.60. The van der Waals surface area contributed by atoms with E-state index in [1.807, 2.05) is 36.4 Å². The van der Waals surface area contributed by atoms with E-state index in [2.05, 4.69) is 17.1 Å². The van der Waals surface area contributed by atoms with E-state index >= 15 is 0 Å². The third-order valence-corrected chi connectivity index (χ3v) is 3.92. The van der Waals surface area contributed by atoms with Gasteiger partial charge in [0, 0.05) is 0 Å². The minimum atomic E-state index is -0.312. The molecule has 0 atom stereocenters. The van der Waals surface area contributed by atoms with E-state index in [4.69, 9.17) is 10.5 Å². The predicted octanol–water partition coefficient (Wildman–Crippen LogP) is 4.26. The quantitative estimate of drug-likeness (QED) is 0.763. The van der Waals surface area contributed by atoms with E-state index < -0.39 is 0 Å². The van der Waals surface area contributed by atoms with Gasteiger partial charge in [0.2, 0.25) is 0 Å². The van der Waals surface area contributed by atoms with Crippen LogP contribution in [0.2, 0.25) is 0 Å². The lowest BCUT2D eigenvalue weighted by Crippen LogP contribution is -2.01. The van der Waals surface area contributed by atoms with E-state index in [0.717, 1.165) is 22.4 Å². The van der Waals surface area contributed by atoms with Crippen molar-refractivity contribution in [2.75, 3.05) is 12.8 Å². The molecule has 0 unspecified atom stereocenters. The van der Waals surface area contributed by atoms with Gasteiger partial charge in [-0.3, -0.25) is 0 Å². The highest BCUT2D eigenvalue weighted by molar-refractivity contribution is 5.65. The molecule has 0 fully saturated rings. The molecule has 0 radical (unpaired) electrons. The predicted molar refractivity (Wildman–Crippen MR) is 94.4 cm³/mol. The largest absolute Gasteiger partial charge is 0.497 e. The zero-order chi connectivity index (χ0) is 16.9. The van der Waals surface area contributed by atoms with Crippen molar-refractivity contribution in [2.24, 2.45) is 0 Å². The van der Waals surface area contributed by atoms with Crippen molar-refractivity contribution < 1.29 is 9.13 Å². The lowest BCUT2D eigenvalue weighted by molar-refractivity contribution is 0.415. The average molecular weight is 322 g/mol. The second-order valence-electron chi connectivity index (χ2n) is 5.60. The molecule has 1 heterocycles. The smallest absolute Gasteiger partial charge is 0.144 e. The average Bonchev–Trinajstić information content (AvgIpc) is 2.63. The number of ether oxygens (including phenoxy) is 1. The van der Waals surface area contributed by atoms with Crippen LogP contribution >= 0.6 is 0 Å². The Morgan fingerprint density at radius 1 is 0.958 bits per heavy atom. The lowest BCUT2D eigenvalue weighted by Gasteiger charge is -2.08. The van der Waals surface area contributed by atoms with Crippen molar-refractivity contribution in [3.8, 4) is 16.9 Å². The number of nitrogens with two attached hydrogens (primary N) is 1. The van der Waals surface area contributed by atoms with Crippen molar-refractivity contribution in [1.29, 1.82) is 0 Å². The van der Waals surface area contributed by atoms with Crippen molar-refractivity contribution >= 4 is 5.82 Å². The number of anilines is 1. The van der Waals surface area contributed by atoms with Gasteiger partial charge in [-0.05, 0) is 53.8 Å². The van der Waals surface area contributed by atoms with Gasteiger partial charge in [0.05, 0.1) is 12.8 Å². The number of halogens is 1. The second kappa shape index (κ2) is 7.13. The van der Waals surface area contributed by atoms with Crippen LogP contribution in [0.4, 0.5) is 10.2 Å². The first-order valence-electron chi connectivity index (χ1n) is 7.80. The highest BCUT2D eigenvalue weighted by atomic mass is 19.1. The molecule has 4 heteroatoms. The van der Waals surface area contributed by atoms with Gasteiger partial charge in [-0.2, -0.15) is 0 Å². The number of hydrogen-bond acceptors (Lipinski definition) is 3. The number of aryl methyl sites for hydroxylation is 2. The van der Waals surface area contributed by atoms with Crippen LogP contribution in [0.3, 0.4) is 0 Å². The Morgan fingerprint density at radius 3 is 2.50 bits per heavy atom. The number of rotatable bonds is 5. The molecule has 3 aromatic rings. The van der Waals surface area contributed by atoms with Gasteiger partial charge in [-0.1, -0.05) is 36.4 Å². The summed E-state index contributed by atoms with van der Waals surface area (Å²) < 4.78 is 19.0. The molecule has 0 aliphatic rings. The Labute approximate surface area is 140 Å². The summed E-state index contributed by atoms with van der Waals surface area (Å²) in [5, 5.41) is 0. The molecule has 2 N–H and O–H groups in total. The van der Waals surface area contributed by atoms with Crippen molar-refractivity contribution in [3.63, 3.8) is 0 Å². The molecule has 1 aromatic heterocycles. The minimum Gasteiger partial charge on any atom is -0.497 e. The third kappa shape index (κ3) is 3.71. The van der Waals surface area contributed by atoms with Crippen molar-refractivity contribution in [3.05, 3.63) is 77.7 Å². The van der Waals surface area contributed by atoms with Crippen LogP contribution in [0, 0.1) is 5.82 Å². The number of nitrogens with zero attached hydrogens (tertiary/aromatic N) is 1. The van der Waals surface area contributed by atoms with Crippen LogP contribution in [0.15, 0.2) is 60.7 Å². The Balaban J connectivity index is 1.79. The molecule has 0 saturated carbocycles. The van der Waals surface area contributed by atoms with Gasteiger partial charge in [-0.25, -0.2) is 9.37 Å². The summed E-state index contributed by atoms with van der Waals surface area (Å²) in [6.45, 7) is 0. The molecule has 3 rings (SSSR count). The number of benzene rings is 2. The zero-order valence-corrected chi connectivity index (χ0v) is 13.5. The summed E-state index contributed by atoms with van der Waals surface area (Å²) >= 11 is 0. The van der Waals surface area contributed by atoms with Crippen molar-refractivity contribution in [2.45, 2.75) is 12.8 Å². The number of aromatic nitrogens is 1. The molecule has 0 bridgehead atoms. The molecule has 24 heavy (non-hydrogen) atoms. The van der Waals surface area contributed by atoms with Gasteiger partial charge in [0.1, 0.15) is 17.4 Å². The molecular weight excluding hydrogens is 303 g/mol. The third-order valence-electron chi connectivity index (χ3n) is 3.92. The molecule has 0 aliphatic heterocycles. The van der Waals surface area contributed by atoms with Crippen LogP contribution in [0.5, 0.6) is 5.75 Å². The summed E-state index contributed by atoms with van der Waals surface area (Å²) in [5.74, 6) is 0.855. The van der Waals surface area contributed by atoms with Crippen LogP contribution < -0.4 is 10.5 Å². The first-order valence-corrected chi connectivity index (χ1v) is 7.80. The van der Waals surface area contributed by atoms with Crippen molar-refractivity contribution in [1.82, 2.24) is 4.98 Å². The maximum absolute atomic E-state index is 13.8. The summed E-state index contributed by atoms with van der Waals surface area (Å²) in [5.41, 5.74) is 9.35. The summed E-state index contributed by atoms with van der Waals surface area (Å²) in [6, 6.07) is 19.0. The molecule has 2 aromatic carbocycles. The molecule has 0 spiro atoms. The molecule has 0 amide bonds. The SMILES string of the molecule is COc1cccc(-c2cccc(CCc3nc(N)ccc3F)c2)c1. The highest BCUT2D eigenvalue weighted by Gasteiger charge is 2.06. The molecule has 122 valence electrons. The lowest BCUT2D eigenvalue weighted by atomic mass is 10.00. The van der Waals surface area contributed by atoms with Gasteiger partial charge in [0.25, 0.3) is 0 Å². The fourth-order valence-corrected chi connectivity index (χ4v) is 2.65. The van der Waals surface area contributed by atoms with Crippen LogP contribution in [-0.4, -0.2) is 12.1 Å². The molecule has 0 aliphatic carbocycles. The topological polar surface area (TPSA) is 48.1 Å². The number of nitrogen functional groups attached to an aromatic ring is 1. The van der Waals surface area contributed by atoms with Crippen LogP contribution in [0.1, 0.15) is 11.3 Å². The summed E-state index contributed by atoms with van der Waals surface area (Å²) in [6.07, 6.45) is 1.21. The van der Waals surface area contributed by atoms with Gasteiger partial charge < -0.3 is 10.5 Å². The van der Waals surface area contributed by atoms with Gasteiger partial charge in [0.15, 0.2) is 0 Å². The van der Waals surface area contributed by atoms with E-state index in [1.54, 1.807) is 7.11 Å². The van der Waals surface area contributed by atoms with Gasteiger partial charge >= 0.3 is 0 Å². The highest BCUT2D eigenvalue weighted by Crippen LogP contribution is 2.25. The molecular formula is C20H19FN2O. The summed E-state index contributed by atoms with van der Waals surface area (Å²) in [7, 11) is 1.66. The molecule has 3 nitrogen and oxygen atoms in total. The Bertz CT molecular complexity index is 849. The number of methoxy groups -OCH3 is 1. The van der Waals surface area contributed by atoms with E-state index in [9.17, 15) is 4.39 Å². The summed E-state index contributed by atoms with van der Waals surface area (Å²) in [4.78, 5) is 4.08. The van der Waals surface area contributed by atoms with Crippen LogP contribution in [-0.2, 0) is 12.8 Å². The maximum Gasteiger partial charge on any atom is 0.144 e. The van der Waals surface area contributed by atoms with E-state index in [1.165, 1.54) is 12.1 Å². The number of hydrogen-bond donors (Lipinski definition) is 1. The first-order chi connectivity index (χ1) is 11.7. The molecule has 0 saturated heterocycles. The fraction of sp³-hybridized carbons (Fsp3) is 0.150. The van der Waals surface area contributed by atoms with Crippen LogP contribution in [0.25, 0.3) is 11.1 Å². The van der Waals surface area contributed by atoms with E-state index in [0.29, 0.717) is 24.4 Å². The minimum absolute atomic E-state index is 0.312. The van der Waals surface area contributed by atoms with Gasteiger partial charge in [-0.15, -0.1) is 0 Å². The van der Waals surface area contributed by atoms with E-state index in [-0.39, 0.29) is 5.82 Å². The normalized spacial score (nSPS) is 10.6. The monoisotopic (exact) mass is 322 g/mol. The maximum atomic E-state index is 13.8. The Kier molecular flexibility index (Phi) is 4.75. The zero-order valence-electron chi connectivity index (χ0n) is 13.5.